The maximum absolute atomic E-state index is 14.0. The topological polar surface area (TPSA) is 37.8 Å². The molecule has 3 rings (SSSR count). The van der Waals surface area contributed by atoms with Gasteiger partial charge in [0, 0.05) is 34.9 Å². The maximum Gasteiger partial charge on any atom is 0.133 e. The van der Waals surface area contributed by atoms with Crippen LogP contribution in [-0.4, -0.2) is 9.97 Å². The van der Waals surface area contributed by atoms with E-state index >= 15 is 0 Å². The van der Waals surface area contributed by atoms with E-state index < -0.39 is 0 Å². The lowest BCUT2D eigenvalue weighted by Crippen LogP contribution is -2.24. The third-order valence-corrected chi connectivity index (χ3v) is 5.67. The first-order chi connectivity index (χ1) is 12.1. The molecule has 0 fully saturated rings. The van der Waals surface area contributed by atoms with E-state index in [4.69, 9.17) is 0 Å². The Bertz CT molecular complexity index is 832. The quantitative estimate of drug-likeness (QED) is 0.638. The van der Waals surface area contributed by atoms with E-state index in [1.54, 1.807) is 23.5 Å². The Balaban J connectivity index is 1.83. The predicted molar refractivity (Wildman–Crippen MR) is 101 cm³/mol. The fourth-order valence-electron chi connectivity index (χ4n) is 2.98. The van der Waals surface area contributed by atoms with E-state index in [0.717, 1.165) is 22.0 Å². The average Bonchev–Trinajstić information content (AvgIpc) is 3.02. The molecule has 5 heteroatoms. The molecule has 2 heterocycles. The standard InChI is InChI=1S/C20H22FN3S/c1-4-18(15-9-11-22-12-10-15)23-13(2)19-14(3)24-20(25-19)16-7-5-6-8-17(16)21/h5-13,18,23H,4H2,1-3H3/t13-,18+/m1/s1. The van der Waals surface area contributed by atoms with Crippen molar-refractivity contribution in [3.8, 4) is 10.6 Å². The number of hydrogen-bond donors (Lipinski definition) is 1. The van der Waals surface area contributed by atoms with Crippen LogP contribution in [-0.2, 0) is 0 Å². The molecule has 0 radical (unpaired) electrons. The number of aromatic nitrogens is 2. The summed E-state index contributed by atoms with van der Waals surface area (Å²) < 4.78 is 14.0. The molecule has 0 unspecified atom stereocenters. The van der Waals surface area contributed by atoms with Crippen molar-refractivity contribution in [2.24, 2.45) is 0 Å². The Kier molecular flexibility index (Phi) is 5.56. The van der Waals surface area contributed by atoms with E-state index in [0.29, 0.717) is 5.56 Å². The van der Waals surface area contributed by atoms with Crippen molar-refractivity contribution in [2.45, 2.75) is 39.3 Å². The van der Waals surface area contributed by atoms with Gasteiger partial charge in [0.1, 0.15) is 10.8 Å². The smallest absolute Gasteiger partial charge is 0.133 e. The third-order valence-electron chi connectivity index (χ3n) is 4.30. The van der Waals surface area contributed by atoms with Crippen LogP contribution in [0.5, 0.6) is 0 Å². The first-order valence-corrected chi connectivity index (χ1v) is 9.30. The lowest BCUT2D eigenvalue weighted by Gasteiger charge is -2.22. The Hall–Kier alpha value is -2.11. The van der Waals surface area contributed by atoms with Crippen molar-refractivity contribution in [3.05, 3.63) is 70.7 Å². The zero-order valence-electron chi connectivity index (χ0n) is 14.7. The summed E-state index contributed by atoms with van der Waals surface area (Å²) >= 11 is 1.56. The summed E-state index contributed by atoms with van der Waals surface area (Å²) in [4.78, 5) is 9.83. The second-order valence-electron chi connectivity index (χ2n) is 6.08. The highest BCUT2D eigenvalue weighted by Gasteiger charge is 2.20. The SMILES string of the molecule is CC[C@H](N[C@H](C)c1sc(-c2ccccc2F)nc1C)c1ccncc1. The van der Waals surface area contributed by atoms with Crippen LogP contribution in [0.2, 0.25) is 0 Å². The van der Waals surface area contributed by atoms with Crippen molar-refractivity contribution in [1.29, 1.82) is 0 Å². The van der Waals surface area contributed by atoms with Crippen LogP contribution < -0.4 is 5.32 Å². The molecular formula is C20H22FN3S. The van der Waals surface area contributed by atoms with E-state index in [9.17, 15) is 4.39 Å². The molecule has 0 saturated carbocycles. The highest BCUT2D eigenvalue weighted by molar-refractivity contribution is 7.15. The lowest BCUT2D eigenvalue weighted by molar-refractivity contribution is 0.459. The summed E-state index contributed by atoms with van der Waals surface area (Å²) in [5.74, 6) is -0.230. The summed E-state index contributed by atoms with van der Waals surface area (Å²) in [5, 5.41) is 4.40. The van der Waals surface area contributed by atoms with Gasteiger partial charge in [-0.3, -0.25) is 4.98 Å². The molecule has 2 aromatic heterocycles. The highest BCUT2D eigenvalue weighted by Crippen LogP contribution is 2.34. The maximum atomic E-state index is 14.0. The first kappa shape index (κ1) is 17.7. The molecule has 3 aromatic rings. The fraction of sp³-hybridized carbons (Fsp3) is 0.300. The third kappa shape index (κ3) is 3.94. The molecule has 0 saturated heterocycles. The number of rotatable bonds is 6. The number of nitrogens with zero attached hydrogens (tertiary/aromatic N) is 2. The molecule has 3 nitrogen and oxygen atoms in total. The average molecular weight is 355 g/mol. The van der Waals surface area contributed by atoms with Gasteiger partial charge >= 0.3 is 0 Å². The summed E-state index contributed by atoms with van der Waals surface area (Å²) in [5.41, 5.74) is 2.74. The molecule has 2 atom stereocenters. The predicted octanol–water partition coefficient (Wildman–Crippen LogP) is 5.45. The zero-order chi connectivity index (χ0) is 17.8. The van der Waals surface area contributed by atoms with Gasteiger partial charge in [-0.05, 0) is 50.1 Å². The van der Waals surface area contributed by atoms with Crippen LogP contribution in [0, 0.1) is 12.7 Å². The molecule has 0 aliphatic rings. The molecule has 0 bridgehead atoms. The van der Waals surface area contributed by atoms with Crippen LogP contribution >= 0.6 is 11.3 Å². The summed E-state index contributed by atoms with van der Waals surface area (Å²) in [6, 6.07) is 11.3. The summed E-state index contributed by atoms with van der Waals surface area (Å²) in [7, 11) is 0. The largest absolute Gasteiger partial charge is 0.303 e. The van der Waals surface area contributed by atoms with Crippen LogP contribution in [0.1, 0.15) is 48.5 Å². The van der Waals surface area contributed by atoms with Crippen LogP contribution in [0.25, 0.3) is 10.6 Å². The van der Waals surface area contributed by atoms with Gasteiger partial charge in [0.05, 0.1) is 5.69 Å². The normalized spacial score (nSPS) is 13.6. The number of hydrogen-bond acceptors (Lipinski definition) is 4. The van der Waals surface area contributed by atoms with Gasteiger partial charge in [0.25, 0.3) is 0 Å². The molecule has 0 spiro atoms. The van der Waals surface area contributed by atoms with Crippen molar-refractivity contribution in [3.63, 3.8) is 0 Å². The number of halogens is 1. The second-order valence-corrected chi connectivity index (χ2v) is 7.11. The number of aryl methyl sites for hydroxylation is 1. The Labute approximate surface area is 152 Å². The molecule has 1 aromatic carbocycles. The molecule has 25 heavy (non-hydrogen) atoms. The molecule has 0 aliphatic carbocycles. The van der Waals surface area contributed by atoms with Crippen molar-refractivity contribution in [2.75, 3.05) is 0 Å². The van der Waals surface area contributed by atoms with Gasteiger partial charge in [-0.2, -0.15) is 0 Å². The Morgan fingerprint density at radius 3 is 2.56 bits per heavy atom. The molecular weight excluding hydrogens is 333 g/mol. The molecule has 0 amide bonds. The first-order valence-electron chi connectivity index (χ1n) is 8.48. The zero-order valence-corrected chi connectivity index (χ0v) is 15.5. The lowest BCUT2D eigenvalue weighted by atomic mass is 10.0. The van der Waals surface area contributed by atoms with Gasteiger partial charge in [-0.15, -0.1) is 11.3 Å². The van der Waals surface area contributed by atoms with Gasteiger partial charge in [0.2, 0.25) is 0 Å². The van der Waals surface area contributed by atoms with E-state index in [-0.39, 0.29) is 17.9 Å². The highest BCUT2D eigenvalue weighted by atomic mass is 32.1. The van der Waals surface area contributed by atoms with Crippen molar-refractivity contribution >= 4 is 11.3 Å². The summed E-state index contributed by atoms with van der Waals surface area (Å²) in [6.45, 7) is 6.28. The molecule has 130 valence electrons. The molecule has 1 N–H and O–H groups in total. The number of pyridine rings is 1. The van der Waals surface area contributed by atoms with E-state index in [1.165, 1.54) is 11.6 Å². The second kappa shape index (κ2) is 7.85. The minimum absolute atomic E-state index is 0.135. The summed E-state index contributed by atoms with van der Waals surface area (Å²) in [6.07, 6.45) is 4.61. The van der Waals surface area contributed by atoms with Gasteiger partial charge in [0.15, 0.2) is 0 Å². The Morgan fingerprint density at radius 2 is 1.88 bits per heavy atom. The van der Waals surface area contributed by atoms with Gasteiger partial charge in [-0.25, -0.2) is 9.37 Å². The van der Waals surface area contributed by atoms with Crippen LogP contribution in [0.3, 0.4) is 0 Å². The number of benzene rings is 1. The molecule has 0 aliphatic heterocycles. The number of nitrogens with one attached hydrogen (secondary N) is 1. The van der Waals surface area contributed by atoms with Crippen LogP contribution in [0.4, 0.5) is 4.39 Å². The fourth-order valence-corrected chi connectivity index (χ4v) is 4.09. The monoisotopic (exact) mass is 355 g/mol. The minimum Gasteiger partial charge on any atom is -0.303 e. The Morgan fingerprint density at radius 1 is 1.16 bits per heavy atom. The minimum atomic E-state index is -0.230. The van der Waals surface area contributed by atoms with E-state index in [2.05, 4.69) is 29.1 Å². The van der Waals surface area contributed by atoms with E-state index in [1.807, 2.05) is 37.5 Å². The number of thiazole rings is 1. The van der Waals surface area contributed by atoms with Gasteiger partial charge in [-0.1, -0.05) is 19.1 Å². The van der Waals surface area contributed by atoms with Crippen LogP contribution in [0.15, 0.2) is 48.8 Å². The van der Waals surface area contributed by atoms with Crippen molar-refractivity contribution < 1.29 is 4.39 Å². The van der Waals surface area contributed by atoms with Crippen molar-refractivity contribution in [1.82, 2.24) is 15.3 Å². The van der Waals surface area contributed by atoms with Gasteiger partial charge < -0.3 is 5.32 Å².